The molecule has 4 N–H and O–H groups in total. The predicted molar refractivity (Wildman–Crippen MR) is 138 cm³/mol. The summed E-state index contributed by atoms with van der Waals surface area (Å²) in [5.41, 5.74) is 7.77. The van der Waals surface area contributed by atoms with E-state index < -0.39 is 15.6 Å². The Kier molecular flexibility index (Phi) is 7.78. The first-order valence-electron chi connectivity index (χ1n) is 12.7. The lowest BCUT2D eigenvalue weighted by molar-refractivity contribution is -0.135. The van der Waals surface area contributed by atoms with Crippen LogP contribution in [0.2, 0.25) is 0 Å². The number of primary sulfonamides is 1. The van der Waals surface area contributed by atoms with E-state index in [0.29, 0.717) is 11.4 Å². The van der Waals surface area contributed by atoms with Gasteiger partial charge in [0.1, 0.15) is 11.4 Å². The van der Waals surface area contributed by atoms with Crippen LogP contribution in [0.4, 0.5) is 0 Å². The zero-order valence-corrected chi connectivity index (χ0v) is 22.0. The zero-order chi connectivity index (χ0) is 24.6. The van der Waals surface area contributed by atoms with Crippen molar-refractivity contribution in [3.63, 3.8) is 0 Å². The number of amides is 1. The lowest BCUT2D eigenvalue weighted by Crippen LogP contribution is -3.00. The largest absolute Gasteiger partial charge is 1.00 e. The number of rotatable bonds is 6. The molecule has 5 rings (SSSR count). The molecule has 3 aromatic rings. The van der Waals surface area contributed by atoms with Gasteiger partial charge in [0, 0.05) is 5.56 Å². The minimum Gasteiger partial charge on any atom is -1.00 e. The first-order chi connectivity index (χ1) is 16.8. The molecule has 36 heavy (non-hydrogen) atoms. The average molecular weight is 531 g/mol. The van der Waals surface area contributed by atoms with E-state index in [1.165, 1.54) is 18.9 Å². The summed E-state index contributed by atoms with van der Waals surface area (Å²) in [6.07, 6.45) is 10.4. The monoisotopic (exact) mass is 530 g/mol. The van der Waals surface area contributed by atoms with Crippen LogP contribution < -0.4 is 23.3 Å². The van der Waals surface area contributed by atoms with Crippen LogP contribution in [0.5, 0.6) is 0 Å². The number of primary amides is 1. The maximum atomic E-state index is 13.8. The molecule has 0 atom stereocenters. The van der Waals surface area contributed by atoms with Crippen LogP contribution in [0.1, 0.15) is 65.6 Å². The quantitative estimate of drug-likeness (QED) is 0.504. The van der Waals surface area contributed by atoms with Crippen molar-refractivity contribution in [2.24, 2.45) is 22.7 Å². The minimum atomic E-state index is -3.90. The molecule has 7 nitrogen and oxygen atoms in total. The molecule has 0 saturated heterocycles. The molecule has 1 amide bonds. The molecule has 0 radical (unpaired) electrons. The van der Waals surface area contributed by atoms with Gasteiger partial charge in [0.25, 0.3) is 0 Å². The molecular formula is C27H35ClN4O3S. The Morgan fingerprint density at radius 2 is 1.50 bits per heavy atom. The van der Waals surface area contributed by atoms with Gasteiger partial charge >= 0.3 is 1.43 Å². The normalized spacial score (nSPS) is 18.1. The molecule has 1 aromatic heterocycles. The third kappa shape index (κ3) is 4.55. The first-order valence-corrected chi connectivity index (χ1v) is 14.3. The van der Waals surface area contributed by atoms with Crippen LogP contribution in [-0.4, -0.2) is 23.9 Å². The predicted octanol–water partition coefficient (Wildman–Crippen LogP) is 1.81. The second-order valence-corrected chi connectivity index (χ2v) is 11.8. The van der Waals surface area contributed by atoms with Gasteiger partial charge < -0.3 is 22.7 Å². The topological polar surface area (TPSA) is 121 Å². The van der Waals surface area contributed by atoms with E-state index in [9.17, 15) is 13.2 Å². The lowest BCUT2D eigenvalue weighted by Gasteiger charge is -2.48. The van der Waals surface area contributed by atoms with Crippen LogP contribution in [0.25, 0.3) is 22.4 Å². The standard InChI is InChI=1S/C27H34N4O3S.ClH/c28-26(32)27(20-11-3-1-4-12-20,21-13-5-2-6-14-21)31-24-17-8-7-16-23(24)30-25(31)19-10-9-15-22(18-19)35(29,33)34;/h7-10,15-18,20-21H,1-6,11-14H2,(H2,28,32)(H2,29,33,34);1H. The van der Waals surface area contributed by atoms with Crippen molar-refractivity contribution in [2.75, 3.05) is 0 Å². The zero-order valence-electron chi connectivity index (χ0n) is 21.4. The molecule has 2 aromatic carbocycles. The van der Waals surface area contributed by atoms with Gasteiger partial charge in [-0.3, -0.25) is 4.79 Å². The number of carbonyl (C=O) groups is 1. The number of halogens is 1. The van der Waals surface area contributed by atoms with Gasteiger partial charge in [0.15, 0.2) is 0 Å². The number of fused-ring (bicyclic) bond motifs is 1. The fraction of sp³-hybridized carbons (Fsp3) is 0.481. The van der Waals surface area contributed by atoms with E-state index in [1.54, 1.807) is 12.1 Å². The van der Waals surface area contributed by atoms with Gasteiger partial charge in [-0.05, 0) is 61.8 Å². The maximum absolute atomic E-state index is 13.8. The van der Waals surface area contributed by atoms with Gasteiger partial charge in [-0.1, -0.05) is 62.8 Å². The SMILES string of the molecule is NC(=O)C(C1CCCCC1)(C1CCCCC1)n1c(-c2cccc(S(N)(=O)=O)c2)nc2ccccc21.[Cl-].[H+]. The van der Waals surface area contributed by atoms with Crippen LogP contribution in [0.3, 0.4) is 0 Å². The van der Waals surface area contributed by atoms with E-state index in [0.717, 1.165) is 62.4 Å². The highest BCUT2D eigenvalue weighted by atomic mass is 35.5. The molecule has 2 aliphatic rings. The summed E-state index contributed by atoms with van der Waals surface area (Å²) >= 11 is 0. The maximum Gasteiger partial charge on any atom is 1.00 e. The van der Waals surface area contributed by atoms with Crippen LogP contribution in [-0.2, 0) is 20.4 Å². The number of para-hydroxylation sites is 2. The Morgan fingerprint density at radius 3 is 2.06 bits per heavy atom. The Morgan fingerprint density at radius 1 is 0.917 bits per heavy atom. The molecule has 194 valence electrons. The minimum absolute atomic E-state index is 0. The van der Waals surface area contributed by atoms with E-state index in [4.69, 9.17) is 15.9 Å². The molecule has 2 aliphatic carbocycles. The molecule has 0 spiro atoms. The number of benzene rings is 2. The lowest BCUT2D eigenvalue weighted by atomic mass is 9.63. The number of sulfonamides is 1. The van der Waals surface area contributed by atoms with Crippen molar-refractivity contribution >= 4 is 27.0 Å². The van der Waals surface area contributed by atoms with E-state index in [2.05, 4.69) is 4.57 Å². The van der Waals surface area contributed by atoms with Crippen LogP contribution >= 0.6 is 0 Å². The summed E-state index contributed by atoms with van der Waals surface area (Å²) < 4.78 is 26.4. The smallest absolute Gasteiger partial charge is 1.00 e. The highest BCUT2D eigenvalue weighted by molar-refractivity contribution is 7.89. The summed E-state index contributed by atoms with van der Waals surface area (Å²) in [6, 6.07) is 14.4. The summed E-state index contributed by atoms with van der Waals surface area (Å²) in [5, 5.41) is 5.46. The van der Waals surface area contributed by atoms with E-state index in [-0.39, 0.29) is 36.5 Å². The van der Waals surface area contributed by atoms with Gasteiger partial charge in [0.05, 0.1) is 15.9 Å². The number of hydrogen-bond donors (Lipinski definition) is 2. The second kappa shape index (κ2) is 10.5. The van der Waals surface area contributed by atoms with Crippen molar-refractivity contribution in [2.45, 2.75) is 74.6 Å². The first kappa shape index (κ1) is 26.6. The number of hydrogen-bond acceptors (Lipinski definition) is 4. The van der Waals surface area contributed by atoms with Crippen molar-refractivity contribution in [1.82, 2.24) is 9.55 Å². The van der Waals surface area contributed by atoms with Gasteiger partial charge in [0.2, 0.25) is 15.9 Å². The van der Waals surface area contributed by atoms with Gasteiger partial charge in [-0.2, -0.15) is 0 Å². The van der Waals surface area contributed by atoms with Gasteiger partial charge in [-0.15, -0.1) is 0 Å². The molecule has 1 heterocycles. The molecular weight excluding hydrogens is 496 g/mol. The molecule has 2 fully saturated rings. The molecule has 2 saturated carbocycles. The Balaban J connectivity index is 0.00000190. The molecule has 0 unspecified atom stereocenters. The van der Waals surface area contributed by atoms with Crippen LogP contribution in [0, 0.1) is 11.8 Å². The van der Waals surface area contributed by atoms with E-state index in [1.807, 2.05) is 30.3 Å². The summed E-state index contributed by atoms with van der Waals surface area (Å²) in [7, 11) is -3.90. The molecule has 0 aliphatic heterocycles. The fourth-order valence-electron chi connectivity index (χ4n) is 6.70. The average Bonchev–Trinajstić information content (AvgIpc) is 3.25. The van der Waals surface area contributed by atoms with Crippen molar-refractivity contribution in [3.8, 4) is 11.4 Å². The number of carbonyl (C=O) groups excluding carboxylic acids is 1. The number of nitrogens with two attached hydrogens (primary N) is 2. The van der Waals surface area contributed by atoms with Crippen molar-refractivity contribution in [1.29, 1.82) is 0 Å². The summed E-state index contributed by atoms with van der Waals surface area (Å²) in [4.78, 5) is 18.8. The Bertz CT molecular complexity index is 1330. The third-order valence-electron chi connectivity index (χ3n) is 8.20. The second-order valence-electron chi connectivity index (χ2n) is 10.2. The molecule has 0 bridgehead atoms. The Hall–Kier alpha value is -2.42. The van der Waals surface area contributed by atoms with Crippen molar-refractivity contribution in [3.05, 3.63) is 48.5 Å². The van der Waals surface area contributed by atoms with E-state index >= 15 is 0 Å². The summed E-state index contributed by atoms with van der Waals surface area (Å²) in [6.45, 7) is 0. The van der Waals surface area contributed by atoms with Crippen LogP contribution in [0.15, 0.2) is 53.4 Å². The third-order valence-corrected chi connectivity index (χ3v) is 9.11. The van der Waals surface area contributed by atoms with Crippen molar-refractivity contribution < 1.29 is 27.0 Å². The summed E-state index contributed by atoms with van der Waals surface area (Å²) in [5.74, 6) is 0.485. The number of aromatic nitrogens is 2. The number of nitrogens with zero attached hydrogens (tertiary/aromatic N) is 2. The highest BCUT2D eigenvalue weighted by Crippen LogP contribution is 2.50. The molecule has 9 heteroatoms. The number of imidazole rings is 1. The Labute approximate surface area is 220 Å². The fourth-order valence-corrected chi connectivity index (χ4v) is 7.26. The van der Waals surface area contributed by atoms with Gasteiger partial charge in [-0.25, -0.2) is 18.5 Å². The highest BCUT2D eigenvalue weighted by Gasteiger charge is 2.53.